The molecule has 23 heavy (non-hydrogen) atoms. The summed E-state index contributed by atoms with van der Waals surface area (Å²) in [6.07, 6.45) is 2.02. The summed E-state index contributed by atoms with van der Waals surface area (Å²) in [5, 5.41) is 3.08. The fourth-order valence-corrected chi connectivity index (χ4v) is 4.01. The number of nitrogens with zero attached hydrogens (tertiary/aromatic N) is 3. The molecule has 2 rings (SSSR count). The minimum absolute atomic E-state index is 0.159. The van der Waals surface area contributed by atoms with Gasteiger partial charge in [0.1, 0.15) is 11.1 Å². The molecule has 1 aromatic carbocycles. The Morgan fingerprint density at radius 3 is 2.57 bits per heavy atom. The van der Waals surface area contributed by atoms with Crippen molar-refractivity contribution in [2.24, 2.45) is 5.73 Å². The number of nitrogens with two attached hydrogens (primary N) is 1. The van der Waals surface area contributed by atoms with E-state index in [1.54, 1.807) is 16.8 Å². The van der Waals surface area contributed by atoms with E-state index >= 15 is 0 Å². The van der Waals surface area contributed by atoms with Gasteiger partial charge in [0.05, 0.1) is 0 Å². The van der Waals surface area contributed by atoms with Crippen LogP contribution in [0.4, 0.5) is 0 Å². The number of aryl methyl sites for hydroxylation is 2. The van der Waals surface area contributed by atoms with Crippen LogP contribution in [0, 0.1) is 0 Å². The Balaban J connectivity index is 2.56. The molecule has 1 unspecified atom stereocenters. The molecule has 6 nitrogen and oxygen atoms in total. The summed E-state index contributed by atoms with van der Waals surface area (Å²) in [6, 6.07) is 7.19. The van der Waals surface area contributed by atoms with Crippen LogP contribution in [0.5, 0.6) is 0 Å². The Labute approximate surface area is 137 Å². The fraction of sp³-hybridized carbons (Fsp3) is 0.375. The Bertz CT molecular complexity index is 775. The van der Waals surface area contributed by atoms with Gasteiger partial charge in [-0.15, -0.1) is 11.7 Å². The number of rotatable bonds is 7. The van der Waals surface area contributed by atoms with Gasteiger partial charge in [-0.05, 0) is 18.1 Å². The van der Waals surface area contributed by atoms with Crippen molar-refractivity contribution in [3.8, 4) is 0 Å². The van der Waals surface area contributed by atoms with Crippen molar-refractivity contribution in [1.82, 2.24) is 14.8 Å². The smallest absolute Gasteiger partial charge is 0.268 e. The summed E-state index contributed by atoms with van der Waals surface area (Å²) in [5.41, 5.74) is 7.12. The first-order valence-corrected chi connectivity index (χ1v) is 9.12. The number of aromatic nitrogens is 3. The van der Waals surface area contributed by atoms with E-state index in [9.17, 15) is 8.42 Å². The number of benzene rings is 1. The third-order valence-corrected chi connectivity index (χ3v) is 5.53. The highest BCUT2D eigenvalue weighted by atomic mass is 32.2. The SMILES string of the molecule is C=CC(c1ccccc1CN)S(=O)(=O)c1nc(CC)n(CC)n1. The van der Waals surface area contributed by atoms with E-state index in [1.165, 1.54) is 6.08 Å². The molecule has 7 heteroatoms. The second-order valence-corrected chi connectivity index (χ2v) is 7.05. The second kappa shape index (κ2) is 7.06. The molecular formula is C16H22N4O2S. The van der Waals surface area contributed by atoms with E-state index in [-0.39, 0.29) is 11.7 Å². The minimum Gasteiger partial charge on any atom is -0.326 e. The minimum atomic E-state index is -3.78. The van der Waals surface area contributed by atoms with Crippen LogP contribution in [-0.4, -0.2) is 23.2 Å². The van der Waals surface area contributed by atoms with E-state index < -0.39 is 15.1 Å². The van der Waals surface area contributed by atoms with Crippen LogP contribution in [0.2, 0.25) is 0 Å². The topological polar surface area (TPSA) is 90.9 Å². The van der Waals surface area contributed by atoms with Crippen LogP contribution in [0.25, 0.3) is 0 Å². The Morgan fingerprint density at radius 1 is 1.35 bits per heavy atom. The molecule has 1 heterocycles. The molecule has 0 saturated heterocycles. The van der Waals surface area contributed by atoms with Crippen molar-refractivity contribution < 1.29 is 8.42 Å². The van der Waals surface area contributed by atoms with E-state index in [4.69, 9.17) is 5.73 Å². The van der Waals surface area contributed by atoms with Gasteiger partial charge in [-0.1, -0.05) is 37.3 Å². The lowest BCUT2D eigenvalue weighted by atomic mass is 10.0. The normalized spacial score (nSPS) is 13.0. The molecule has 0 bridgehead atoms. The van der Waals surface area contributed by atoms with Crippen molar-refractivity contribution in [3.05, 3.63) is 53.9 Å². The average Bonchev–Trinajstić information content (AvgIpc) is 3.00. The van der Waals surface area contributed by atoms with Crippen LogP contribution in [0.15, 0.2) is 42.1 Å². The van der Waals surface area contributed by atoms with Crippen LogP contribution < -0.4 is 5.73 Å². The molecule has 1 aromatic heterocycles. The van der Waals surface area contributed by atoms with Crippen molar-refractivity contribution in [1.29, 1.82) is 0 Å². The van der Waals surface area contributed by atoms with Gasteiger partial charge in [-0.25, -0.2) is 18.1 Å². The van der Waals surface area contributed by atoms with Crippen molar-refractivity contribution in [3.63, 3.8) is 0 Å². The van der Waals surface area contributed by atoms with Crippen LogP contribution in [0.3, 0.4) is 0 Å². The maximum Gasteiger partial charge on any atom is 0.268 e. The summed E-state index contributed by atoms with van der Waals surface area (Å²) in [5.74, 6) is 0.654. The molecule has 0 spiro atoms. The lowest BCUT2D eigenvalue weighted by Gasteiger charge is -2.15. The third-order valence-electron chi connectivity index (χ3n) is 3.73. The molecule has 0 aliphatic carbocycles. The largest absolute Gasteiger partial charge is 0.326 e. The van der Waals surface area contributed by atoms with Gasteiger partial charge in [0.15, 0.2) is 0 Å². The molecule has 0 amide bonds. The summed E-state index contributed by atoms with van der Waals surface area (Å²) < 4.78 is 27.6. The maximum absolute atomic E-state index is 13.0. The standard InChI is InChI=1S/C16H22N4O2S/c1-4-14(13-10-8-7-9-12(13)11-17)23(21,22)16-18-15(5-2)20(6-3)19-16/h4,7-10,14H,1,5-6,11,17H2,2-3H3. The Morgan fingerprint density at radius 2 is 2.04 bits per heavy atom. The molecule has 0 aliphatic heterocycles. The van der Waals surface area contributed by atoms with Crippen LogP contribution >= 0.6 is 0 Å². The van der Waals surface area contributed by atoms with Crippen molar-refractivity contribution in [2.75, 3.05) is 0 Å². The highest BCUT2D eigenvalue weighted by molar-refractivity contribution is 7.91. The quantitative estimate of drug-likeness (QED) is 0.782. The summed E-state index contributed by atoms with van der Waals surface area (Å²) in [7, 11) is -3.78. The Kier molecular flexibility index (Phi) is 5.33. The first-order chi connectivity index (χ1) is 11.0. The zero-order valence-electron chi connectivity index (χ0n) is 13.4. The van der Waals surface area contributed by atoms with Gasteiger partial charge >= 0.3 is 0 Å². The maximum atomic E-state index is 13.0. The number of hydrogen-bond donors (Lipinski definition) is 1. The van der Waals surface area contributed by atoms with E-state index in [0.29, 0.717) is 24.4 Å². The number of hydrogen-bond acceptors (Lipinski definition) is 5. The van der Waals surface area contributed by atoms with Gasteiger partial charge in [-0.3, -0.25) is 0 Å². The zero-order chi connectivity index (χ0) is 17.0. The van der Waals surface area contributed by atoms with Gasteiger partial charge < -0.3 is 5.73 Å². The van der Waals surface area contributed by atoms with Gasteiger partial charge in [0, 0.05) is 19.5 Å². The molecule has 2 aromatic rings. The summed E-state index contributed by atoms with van der Waals surface area (Å²) in [4.78, 5) is 4.21. The van der Waals surface area contributed by atoms with Crippen LogP contribution in [0.1, 0.15) is 36.0 Å². The van der Waals surface area contributed by atoms with Crippen LogP contribution in [-0.2, 0) is 29.3 Å². The van der Waals surface area contributed by atoms with Crippen molar-refractivity contribution >= 4 is 9.84 Å². The molecule has 0 saturated carbocycles. The Hall–Kier alpha value is -1.99. The van der Waals surface area contributed by atoms with E-state index in [0.717, 1.165) is 5.56 Å². The lowest BCUT2D eigenvalue weighted by Crippen LogP contribution is -2.16. The number of sulfone groups is 1. The highest BCUT2D eigenvalue weighted by Crippen LogP contribution is 2.30. The zero-order valence-corrected chi connectivity index (χ0v) is 14.3. The second-order valence-electron chi connectivity index (χ2n) is 5.08. The van der Waals surface area contributed by atoms with E-state index in [1.807, 2.05) is 26.0 Å². The van der Waals surface area contributed by atoms with Gasteiger partial charge in [0.2, 0.25) is 9.84 Å². The molecule has 0 radical (unpaired) electrons. The average molecular weight is 334 g/mol. The molecule has 1 atom stereocenters. The lowest BCUT2D eigenvalue weighted by molar-refractivity contribution is 0.570. The molecular weight excluding hydrogens is 312 g/mol. The summed E-state index contributed by atoms with van der Waals surface area (Å²) in [6.45, 7) is 8.34. The molecule has 0 fully saturated rings. The van der Waals surface area contributed by atoms with Crippen molar-refractivity contribution in [2.45, 2.75) is 43.8 Å². The van der Waals surface area contributed by atoms with E-state index in [2.05, 4.69) is 16.7 Å². The summed E-state index contributed by atoms with van der Waals surface area (Å²) >= 11 is 0. The van der Waals surface area contributed by atoms with Gasteiger partial charge in [-0.2, -0.15) is 0 Å². The molecule has 0 aliphatic rings. The third kappa shape index (κ3) is 3.20. The van der Waals surface area contributed by atoms with Gasteiger partial charge in [0.25, 0.3) is 5.16 Å². The predicted molar refractivity (Wildman–Crippen MR) is 89.5 cm³/mol. The molecule has 124 valence electrons. The first kappa shape index (κ1) is 17.4. The highest BCUT2D eigenvalue weighted by Gasteiger charge is 2.32. The fourth-order valence-electron chi connectivity index (χ4n) is 2.52. The predicted octanol–water partition coefficient (Wildman–Crippen LogP) is 2.02. The molecule has 2 N–H and O–H groups in total. The monoisotopic (exact) mass is 334 g/mol. The first-order valence-electron chi connectivity index (χ1n) is 7.57.